The van der Waals surface area contributed by atoms with Crippen molar-refractivity contribution in [3.63, 3.8) is 0 Å². The third-order valence-electron chi connectivity index (χ3n) is 1.69. The van der Waals surface area contributed by atoms with Crippen molar-refractivity contribution >= 4 is 23.9 Å². The van der Waals surface area contributed by atoms with Gasteiger partial charge in [0.2, 0.25) is 0 Å². The number of cyclic esters (lactones) is 4. The molecule has 0 aromatic carbocycles. The molecule has 2 aliphatic rings. The lowest BCUT2D eigenvalue weighted by Gasteiger charge is -2.20. The summed E-state index contributed by atoms with van der Waals surface area (Å²) in [7, 11) is 0. The van der Waals surface area contributed by atoms with Crippen molar-refractivity contribution in [1.82, 2.24) is 0 Å². The van der Waals surface area contributed by atoms with Gasteiger partial charge in [-0.2, -0.15) is 0 Å². The van der Waals surface area contributed by atoms with Gasteiger partial charge < -0.3 is 9.47 Å². The highest BCUT2D eigenvalue weighted by molar-refractivity contribution is 6.21. The van der Waals surface area contributed by atoms with Gasteiger partial charge in [-0.3, -0.25) is 9.59 Å². The van der Waals surface area contributed by atoms with Crippen molar-refractivity contribution in [3.05, 3.63) is 11.6 Å². The summed E-state index contributed by atoms with van der Waals surface area (Å²) < 4.78 is 8.11. The molecule has 2 rings (SSSR count). The first-order valence-corrected chi connectivity index (χ1v) is 3.33. The molecule has 6 heteroatoms. The lowest BCUT2D eigenvalue weighted by molar-refractivity contribution is -0.182. The highest BCUT2D eigenvalue weighted by Gasteiger charge is 2.49. The van der Waals surface area contributed by atoms with Crippen molar-refractivity contribution < 1.29 is 28.7 Å². The van der Waals surface area contributed by atoms with Crippen molar-refractivity contribution in [2.24, 2.45) is 5.92 Å². The van der Waals surface area contributed by atoms with E-state index in [0.29, 0.717) is 0 Å². The van der Waals surface area contributed by atoms with Crippen LogP contribution in [0.25, 0.3) is 0 Å². The van der Waals surface area contributed by atoms with Crippen LogP contribution in [-0.4, -0.2) is 23.9 Å². The summed E-state index contributed by atoms with van der Waals surface area (Å²) >= 11 is 0. The van der Waals surface area contributed by atoms with Gasteiger partial charge in [0.1, 0.15) is 0 Å². The molecule has 0 aromatic rings. The smallest absolute Gasteiger partial charge is 0.343 e. The second-order valence-electron chi connectivity index (χ2n) is 2.48. The minimum absolute atomic E-state index is 0.244. The topological polar surface area (TPSA) is 86.7 Å². The van der Waals surface area contributed by atoms with Gasteiger partial charge in [-0.1, -0.05) is 0 Å². The molecule has 13 heavy (non-hydrogen) atoms. The van der Waals surface area contributed by atoms with Crippen molar-refractivity contribution in [3.8, 4) is 0 Å². The maximum absolute atomic E-state index is 10.8. The molecule has 2 aliphatic heterocycles. The molecule has 0 saturated carbocycles. The van der Waals surface area contributed by atoms with Crippen LogP contribution in [0, 0.1) is 5.92 Å². The molecule has 1 fully saturated rings. The zero-order valence-corrected chi connectivity index (χ0v) is 6.10. The normalized spacial score (nSPS) is 22.3. The largest absolute Gasteiger partial charge is 0.391 e. The maximum atomic E-state index is 10.8. The van der Waals surface area contributed by atoms with Crippen LogP contribution in [0.2, 0.25) is 0 Å². The van der Waals surface area contributed by atoms with Crippen LogP contribution in [0.5, 0.6) is 0 Å². The number of rotatable bonds is 1. The highest BCUT2D eigenvalue weighted by atomic mass is 16.6. The zero-order chi connectivity index (χ0) is 9.59. The summed E-state index contributed by atoms with van der Waals surface area (Å²) in [6.07, 6.45) is 0.825. The Morgan fingerprint density at radius 3 is 2.00 bits per heavy atom. The molecule has 0 atom stereocenters. The number of carbonyl (C=O) groups is 4. The molecule has 1 saturated heterocycles. The second-order valence-corrected chi connectivity index (χ2v) is 2.48. The number of esters is 4. The number of hydrogen-bond acceptors (Lipinski definition) is 6. The average Bonchev–Trinajstić information content (AvgIpc) is 2.30. The van der Waals surface area contributed by atoms with E-state index >= 15 is 0 Å². The van der Waals surface area contributed by atoms with E-state index in [1.165, 1.54) is 0 Å². The number of carbonyl (C=O) groups excluding carboxylic acids is 4. The molecule has 0 N–H and O–H groups in total. The first-order chi connectivity index (χ1) is 6.09. The standard InChI is InChI=1S/C7H2O6/c8-3-1-2(5(9)12-3)4-6(10)13-7(4)11/h1,4H. The van der Waals surface area contributed by atoms with E-state index in [9.17, 15) is 19.2 Å². The molecule has 0 spiro atoms. The number of hydrogen-bond donors (Lipinski definition) is 0. The third-order valence-corrected chi connectivity index (χ3v) is 1.69. The van der Waals surface area contributed by atoms with Gasteiger partial charge in [-0.05, 0) is 0 Å². The van der Waals surface area contributed by atoms with Gasteiger partial charge in [0.05, 0.1) is 5.57 Å². The zero-order valence-electron chi connectivity index (χ0n) is 6.10. The quantitative estimate of drug-likeness (QED) is 0.370. The van der Waals surface area contributed by atoms with Gasteiger partial charge in [0.15, 0.2) is 5.92 Å². The van der Waals surface area contributed by atoms with Gasteiger partial charge in [-0.15, -0.1) is 0 Å². The average molecular weight is 182 g/mol. The van der Waals surface area contributed by atoms with E-state index in [1.54, 1.807) is 0 Å². The summed E-state index contributed by atoms with van der Waals surface area (Å²) in [5, 5.41) is 0. The van der Waals surface area contributed by atoms with Gasteiger partial charge >= 0.3 is 23.9 Å². The SMILES string of the molecule is O=C1C=C(C2C(=O)OC2=O)C(=O)O1. The van der Waals surface area contributed by atoms with Crippen LogP contribution in [0.15, 0.2) is 11.6 Å². The molecular formula is C7H2O6. The minimum Gasteiger partial charge on any atom is -0.391 e. The van der Waals surface area contributed by atoms with E-state index < -0.39 is 29.8 Å². The Labute approximate surface area is 71.1 Å². The Morgan fingerprint density at radius 2 is 1.62 bits per heavy atom. The molecular weight excluding hydrogens is 180 g/mol. The van der Waals surface area contributed by atoms with Crippen molar-refractivity contribution in [2.45, 2.75) is 0 Å². The molecule has 0 unspecified atom stereocenters. The number of ether oxygens (including phenoxy) is 2. The summed E-state index contributed by atoms with van der Waals surface area (Å²) in [6, 6.07) is 0. The Morgan fingerprint density at radius 1 is 1.00 bits per heavy atom. The van der Waals surface area contributed by atoms with Crippen molar-refractivity contribution in [2.75, 3.05) is 0 Å². The van der Waals surface area contributed by atoms with Gasteiger partial charge in [-0.25, -0.2) is 9.59 Å². The van der Waals surface area contributed by atoms with E-state index in [4.69, 9.17) is 0 Å². The molecule has 2 heterocycles. The first kappa shape index (κ1) is 7.66. The summed E-state index contributed by atoms with van der Waals surface area (Å²) in [5.74, 6) is -4.75. The molecule has 6 nitrogen and oxygen atoms in total. The Balaban J connectivity index is 2.31. The van der Waals surface area contributed by atoms with E-state index in [2.05, 4.69) is 9.47 Å². The molecule has 0 radical (unpaired) electrons. The van der Waals surface area contributed by atoms with Crippen LogP contribution in [0.1, 0.15) is 0 Å². The second kappa shape index (κ2) is 2.25. The van der Waals surface area contributed by atoms with Gasteiger partial charge in [0, 0.05) is 6.08 Å². The maximum Gasteiger partial charge on any atom is 0.343 e. The minimum atomic E-state index is -1.26. The fraction of sp³-hybridized carbons (Fsp3) is 0.143. The Kier molecular flexibility index (Phi) is 1.33. The molecule has 0 bridgehead atoms. The van der Waals surface area contributed by atoms with Gasteiger partial charge in [0.25, 0.3) is 0 Å². The first-order valence-electron chi connectivity index (χ1n) is 3.33. The lowest BCUT2D eigenvalue weighted by Crippen LogP contribution is -2.43. The fourth-order valence-electron chi connectivity index (χ4n) is 1.08. The summed E-state index contributed by atoms with van der Waals surface area (Å²) in [5.41, 5.74) is -0.244. The molecule has 66 valence electrons. The predicted octanol–water partition coefficient (Wildman–Crippen LogP) is -1.30. The predicted molar refractivity (Wildman–Crippen MR) is 33.8 cm³/mol. The highest BCUT2D eigenvalue weighted by Crippen LogP contribution is 2.27. The van der Waals surface area contributed by atoms with E-state index in [1.807, 2.05) is 0 Å². The summed E-state index contributed by atoms with van der Waals surface area (Å²) in [6.45, 7) is 0. The van der Waals surface area contributed by atoms with Crippen LogP contribution in [0.3, 0.4) is 0 Å². The third kappa shape index (κ3) is 0.952. The van der Waals surface area contributed by atoms with E-state index in [-0.39, 0.29) is 5.57 Å². The van der Waals surface area contributed by atoms with E-state index in [0.717, 1.165) is 6.08 Å². The molecule has 0 aromatic heterocycles. The van der Waals surface area contributed by atoms with Crippen LogP contribution >= 0.6 is 0 Å². The summed E-state index contributed by atoms with van der Waals surface area (Å²) in [4.78, 5) is 42.7. The molecule has 0 aliphatic carbocycles. The Bertz CT molecular complexity index is 362. The molecule has 0 amide bonds. The van der Waals surface area contributed by atoms with Crippen LogP contribution in [-0.2, 0) is 28.7 Å². The Hall–Kier alpha value is -1.98. The van der Waals surface area contributed by atoms with Crippen molar-refractivity contribution in [1.29, 1.82) is 0 Å². The fourth-order valence-corrected chi connectivity index (χ4v) is 1.08. The lowest BCUT2D eigenvalue weighted by atomic mass is 9.96. The van der Waals surface area contributed by atoms with Crippen LogP contribution < -0.4 is 0 Å². The van der Waals surface area contributed by atoms with Crippen LogP contribution in [0.4, 0.5) is 0 Å². The monoisotopic (exact) mass is 182 g/mol.